The van der Waals surface area contributed by atoms with E-state index in [4.69, 9.17) is 19.9 Å². The maximum absolute atomic E-state index is 6.12. The highest BCUT2D eigenvalue weighted by molar-refractivity contribution is 5.25. The molecule has 0 fully saturated rings. The molecule has 21 heavy (non-hydrogen) atoms. The second-order valence-corrected chi connectivity index (χ2v) is 4.36. The molecule has 0 aliphatic rings. The molecule has 0 saturated heterocycles. The van der Waals surface area contributed by atoms with Gasteiger partial charge in [-0.3, -0.25) is 0 Å². The number of methoxy groups -OCH3 is 2. The van der Waals surface area contributed by atoms with Gasteiger partial charge in [0.15, 0.2) is 0 Å². The molecule has 0 spiro atoms. The van der Waals surface area contributed by atoms with Crippen LogP contribution in [0.5, 0.6) is 17.5 Å². The predicted molar refractivity (Wildman–Crippen MR) is 78.6 cm³/mol. The van der Waals surface area contributed by atoms with Crippen LogP contribution < -0.4 is 19.9 Å². The van der Waals surface area contributed by atoms with Crippen LogP contribution in [0.4, 0.5) is 0 Å². The monoisotopic (exact) mass is 289 g/mol. The summed E-state index contributed by atoms with van der Waals surface area (Å²) < 4.78 is 15.8. The minimum atomic E-state index is -0.318. The van der Waals surface area contributed by atoms with E-state index >= 15 is 0 Å². The lowest BCUT2D eigenvalue weighted by Gasteiger charge is -2.14. The number of hydrogen-bond donors (Lipinski definition) is 1. The summed E-state index contributed by atoms with van der Waals surface area (Å²) in [5.41, 5.74) is 6.72. The van der Waals surface area contributed by atoms with Gasteiger partial charge in [0.2, 0.25) is 11.8 Å². The number of ether oxygens (including phenoxy) is 3. The minimum absolute atomic E-state index is 0.318. The van der Waals surface area contributed by atoms with Crippen molar-refractivity contribution in [2.24, 2.45) is 5.73 Å². The van der Waals surface area contributed by atoms with Crippen molar-refractivity contribution in [2.45, 2.75) is 12.5 Å². The van der Waals surface area contributed by atoms with E-state index in [1.165, 1.54) is 20.4 Å². The van der Waals surface area contributed by atoms with Crippen molar-refractivity contribution in [1.82, 2.24) is 9.97 Å². The average Bonchev–Trinajstić information content (AvgIpc) is 2.55. The fourth-order valence-corrected chi connectivity index (χ4v) is 1.83. The third-order valence-electron chi connectivity index (χ3n) is 2.94. The van der Waals surface area contributed by atoms with Crippen LogP contribution >= 0.6 is 0 Å². The van der Waals surface area contributed by atoms with Crippen LogP contribution in [0.3, 0.4) is 0 Å². The van der Waals surface area contributed by atoms with E-state index in [1.807, 2.05) is 30.3 Å². The van der Waals surface area contributed by atoms with Gasteiger partial charge in [-0.15, -0.1) is 0 Å². The summed E-state index contributed by atoms with van der Waals surface area (Å²) in [6, 6.07) is 9.28. The zero-order valence-corrected chi connectivity index (χ0v) is 12.2. The van der Waals surface area contributed by atoms with E-state index in [0.717, 1.165) is 5.75 Å². The molecule has 0 aliphatic carbocycles. The normalized spacial score (nSPS) is 11.8. The van der Waals surface area contributed by atoms with Crippen molar-refractivity contribution in [3.8, 4) is 17.5 Å². The highest BCUT2D eigenvalue weighted by Gasteiger charge is 2.16. The van der Waals surface area contributed by atoms with Gasteiger partial charge in [0.1, 0.15) is 11.4 Å². The van der Waals surface area contributed by atoms with Gasteiger partial charge in [0.25, 0.3) is 0 Å². The second kappa shape index (κ2) is 7.44. The summed E-state index contributed by atoms with van der Waals surface area (Å²) in [5, 5.41) is 0. The van der Waals surface area contributed by atoms with Crippen LogP contribution in [-0.4, -0.2) is 30.8 Å². The van der Waals surface area contributed by atoms with E-state index in [-0.39, 0.29) is 6.04 Å². The molecule has 0 aliphatic heterocycles. The summed E-state index contributed by atoms with van der Waals surface area (Å²) in [7, 11) is 3.05. The molecule has 112 valence electrons. The molecular formula is C15H19N3O3. The summed E-state index contributed by atoms with van der Waals surface area (Å²) in [6.45, 7) is 0.488. The van der Waals surface area contributed by atoms with Gasteiger partial charge in [-0.1, -0.05) is 18.2 Å². The molecule has 1 atom stereocenters. The second-order valence-electron chi connectivity index (χ2n) is 4.36. The molecule has 2 rings (SSSR count). The lowest BCUT2D eigenvalue weighted by atomic mass is 10.1. The van der Waals surface area contributed by atoms with Crippen molar-refractivity contribution < 1.29 is 14.2 Å². The molecule has 1 heterocycles. The quantitative estimate of drug-likeness (QED) is 0.839. The fourth-order valence-electron chi connectivity index (χ4n) is 1.83. The largest absolute Gasteiger partial charge is 0.494 e. The molecule has 6 nitrogen and oxygen atoms in total. The Kier molecular flexibility index (Phi) is 5.34. The Hall–Kier alpha value is -2.34. The summed E-state index contributed by atoms with van der Waals surface area (Å²) in [5.74, 6) is 1.59. The standard InChI is InChI=1S/C15H19N3O3/c1-19-13-10-17-14(15(18-13)20-2)12(16)8-9-21-11-6-4-3-5-7-11/h3-7,10,12H,8-9,16H2,1-2H3. The zero-order chi connectivity index (χ0) is 15.1. The van der Waals surface area contributed by atoms with Crippen molar-refractivity contribution in [1.29, 1.82) is 0 Å². The lowest BCUT2D eigenvalue weighted by molar-refractivity contribution is 0.293. The molecular weight excluding hydrogens is 270 g/mol. The van der Waals surface area contributed by atoms with E-state index in [1.54, 1.807) is 0 Å². The van der Waals surface area contributed by atoms with E-state index < -0.39 is 0 Å². The molecule has 0 bridgehead atoms. The van der Waals surface area contributed by atoms with Crippen LogP contribution in [-0.2, 0) is 0 Å². The van der Waals surface area contributed by atoms with Gasteiger partial charge in [0.05, 0.1) is 33.1 Å². The number of nitrogens with zero attached hydrogens (tertiary/aromatic N) is 2. The SMILES string of the molecule is COc1cnc(C(N)CCOc2ccccc2)c(OC)n1. The van der Waals surface area contributed by atoms with Crippen molar-refractivity contribution in [3.63, 3.8) is 0 Å². The minimum Gasteiger partial charge on any atom is -0.494 e. The summed E-state index contributed by atoms with van der Waals surface area (Å²) in [6.07, 6.45) is 2.13. The van der Waals surface area contributed by atoms with Gasteiger partial charge in [-0.2, -0.15) is 4.98 Å². The van der Waals surface area contributed by atoms with Crippen LogP contribution in [0.25, 0.3) is 0 Å². The smallest absolute Gasteiger partial charge is 0.240 e. The highest BCUT2D eigenvalue weighted by atomic mass is 16.5. The van der Waals surface area contributed by atoms with Gasteiger partial charge in [-0.25, -0.2) is 4.98 Å². The molecule has 0 saturated carbocycles. The Morgan fingerprint density at radius 1 is 1.14 bits per heavy atom. The Balaban J connectivity index is 1.95. The summed E-state index contributed by atoms with van der Waals surface area (Å²) in [4.78, 5) is 8.42. The number of nitrogens with two attached hydrogens (primary N) is 1. The first-order valence-electron chi connectivity index (χ1n) is 6.63. The topological polar surface area (TPSA) is 79.5 Å². The Morgan fingerprint density at radius 3 is 2.57 bits per heavy atom. The fraction of sp³-hybridized carbons (Fsp3) is 0.333. The van der Waals surface area contributed by atoms with Gasteiger partial charge in [-0.05, 0) is 12.1 Å². The first kappa shape index (κ1) is 15.1. The van der Waals surface area contributed by atoms with E-state index in [0.29, 0.717) is 30.5 Å². The maximum Gasteiger partial charge on any atom is 0.240 e. The Labute approximate surface area is 123 Å². The highest BCUT2D eigenvalue weighted by Crippen LogP contribution is 2.23. The molecule has 0 radical (unpaired) electrons. The van der Waals surface area contributed by atoms with E-state index in [2.05, 4.69) is 9.97 Å². The lowest BCUT2D eigenvalue weighted by Crippen LogP contribution is -2.17. The molecule has 6 heteroatoms. The van der Waals surface area contributed by atoms with Crippen LogP contribution in [0.15, 0.2) is 36.5 Å². The number of hydrogen-bond acceptors (Lipinski definition) is 6. The van der Waals surface area contributed by atoms with Crippen molar-refractivity contribution >= 4 is 0 Å². The average molecular weight is 289 g/mol. The maximum atomic E-state index is 6.12. The number of benzene rings is 1. The molecule has 1 unspecified atom stereocenters. The van der Waals surface area contributed by atoms with Crippen LogP contribution in [0.2, 0.25) is 0 Å². The molecule has 1 aromatic carbocycles. The van der Waals surface area contributed by atoms with Gasteiger partial charge < -0.3 is 19.9 Å². The third kappa shape index (κ3) is 4.06. The van der Waals surface area contributed by atoms with Crippen LogP contribution in [0.1, 0.15) is 18.2 Å². The van der Waals surface area contributed by atoms with Crippen molar-refractivity contribution in [2.75, 3.05) is 20.8 Å². The summed E-state index contributed by atoms with van der Waals surface area (Å²) >= 11 is 0. The van der Waals surface area contributed by atoms with Crippen molar-refractivity contribution in [3.05, 3.63) is 42.2 Å². The predicted octanol–water partition coefficient (Wildman–Crippen LogP) is 1.96. The molecule has 2 aromatic rings. The van der Waals surface area contributed by atoms with Crippen LogP contribution in [0, 0.1) is 0 Å². The number of para-hydroxylation sites is 1. The Morgan fingerprint density at radius 2 is 1.90 bits per heavy atom. The molecule has 2 N–H and O–H groups in total. The molecule has 1 aromatic heterocycles. The zero-order valence-electron chi connectivity index (χ0n) is 12.2. The molecule has 0 amide bonds. The number of aromatic nitrogens is 2. The van der Waals surface area contributed by atoms with Gasteiger partial charge >= 0.3 is 0 Å². The van der Waals surface area contributed by atoms with Gasteiger partial charge in [0, 0.05) is 6.42 Å². The van der Waals surface area contributed by atoms with E-state index in [9.17, 15) is 0 Å². The third-order valence-corrected chi connectivity index (χ3v) is 2.94. The first-order chi connectivity index (χ1) is 10.2. The number of rotatable bonds is 7. The first-order valence-corrected chi connectivity index (χ1v) is 6.63. The Bertz CT molecular complexity index is 563.